The molecule has 14 rings (SSSR count). The summed E-state index contributed by atoms with van der Waals surface area (Å²) in [5.41, 5.74) is 3.60. The minimum absolute atomic E-state index is 0.00983. The number of piperidine rings is 2. The number of rotatable bonds is 10. The van der Waals surface area contributed by atoms with Crippen molar-refractivity contribution < 1.29 is 46.9 Å². The van der Waals surface area contributed by atoms with Gasteiger partial charge in [-0.25, -0.2) is 18.6 Å². The van der Waals surface area contributed by atoms with Crippen LogP contribution in [0.3, 0.4) is 0 Å². The van der Waals surface area contributed by atoms with E-state index in [1.165, 1.54) is 6.07 Å². The molecule has 6 saturated heterocycles. The summed E-state index contributed by atoms with van der Waals surface area (Å²) in [6.07, 6.45) is 15.7. The first-order valence-corrected chi connectivity index (χ1v) is 28.4. The number of terminal acetylenes is 1. The van der Waals surface area contributed by atoms with Crippen LogP contribution in [0.4, 0.5) is 25.1 Å². The molecule has 7 fully saturated rings. The third kappa shape index (κ3) is 8.71. The number of aryl methyl sites for hydroxylation is 1. The average molecular weight is 1080 g/mol. The van der Waals surface area contributed by atoms with Crippen molar-refractivity contribution in [2.24, 2.45) is 5.41 Å². The van der Waals surface area contributed by atoms with Crippen molar-refractivity contribution >= 4 is 57.0 Å². The zero-order valence-electron chi connectivity index (χ0n) is 44.2. The van der Waals surface area contributed by atoms with Crippen LogP contribution in [0.15, 0.2) is 48.5 Å². The van der Waals surface area contributed by atoms with Crippen molar-refractivity contribution in [3.8, 4) is 29.6 Å². The summed E-state index contributed by atoms with van der Waals surface area (Å²) in [4.78, 5) is 76.2. The van der Waals surface area contributed by atoms with E-state index < -0.39 is 23.6 Å². The number of nitrogens with zero attached hydrogens (tertiary/aromatic N) is 8. The van der Waals surface area contributed by atoms with Gasteiger partial charge in [-0.05, 0) is 119 Å². The molecule has 5 aromatic rings. The highest BCUT2D eigenvalue weighted by molar-refractivity contribution is 6.06. The van der Waals surface area contributed by atoms with Gasteiger partial charge in [0.1, 0.15) is 42.1 Å². The van der Waals surface area contributed by atoms with Gasteiger partial charge >= 0.3 is 12.1 Å². The number of carbonyl (C=O) groups is 4. The number of fused-ring (bicyclic) bond motifs is 5. The molecule has 1 aliphatic carbocycles. The minimum Gasteiger partial charge on any atom is -0.461 e. The van der Waals surface area contributed by atoms with Crippen LogP contribution >= 0.6 is 0 Å². The van der Waals surface area contributed by atoms with Gasteiger partial charge in [-0.2, -0.15) is 9.97 Å². The molecule has 3 aromatic carbocycles. The van der Waals surface area contributed by atoms with Crippen molar-refractivity contribution in [2.75, 3.05) is 75.5 Å². The monoisotopic (exact) mass is 1080 g/mol. The lowest BCUT2D eigenvalue weighted by Gasteiger charge is -2.58. The zero-order chi connectivity index (χ0) is 53.7. The Kier molecular flexibility index (Phi) is 12.5. The highest BCUT2D eigenvalue weighted by atomic mass is 19.1. The number of ether oxygens (including phenoxy) is 4. The number of pyridine rings is 1. The largest absolute Gasteiger partial charge is 0.461 e. The Morgan fingerprint density at radius 3 is 2.57 bits per heavy atom. The van der Waals surface area contributed by atoms with Gasteiger partial charge in [0.2, 0.25) is 11.8 Å². The maximum absolute atomic E-state index is 17.4. The normalized spacial score (nSPS) is 25.8. The predicted octanol–water partition coefficient (Wildman–Crippen LogP) is 7.07. The number of hydrogen-bond acceptors (Lipinski definition) is 14. The van der Waals surface area contributed by atoms with Crippen molar-refractivity contribution in [3.63, 3.8) is 0 Å². The number of amides is 4. The van der Waals surface area contributed by atoms with E-state index in [0.717, 1.165) is 88.7 Å². The molecular weight excluding hydrogens is 1010 g/mol. The molecule has 1 spiro atoms. The first-order chi connectivity index (χ1) is 38.4. The Hall–Kier alpha value is -7.01. The Labute approximate surface area is 456 Å². The summed E-state index contributed by atoms with van der Waals surface area (Å²) in [5.74, 6) is 0.998. The molecule has 3 unspecified atom stereocenters. The highest BCUT2D eigenvalue weighted by Crippen LogP contribution is 2.51. The van der Waals surface area contributed by atoms with Crippen LogP contribution in [0.25, 0.3) is 32.9 Å². The lowest BCUT2D eigenvalue weighted by Crippen LogP contribution is -2.65. The van der Waals surface area contributed by atoms with Crippen LogP contribution < -0.4 is 19.9 Å². The highest BCUT2D eigenvalue weighted by Gasteiger charge is 2.56. The van der Waals surface area contributed by atoms with E-state index in [1.807, 2.05) is 23.1 Å². The van der Waals surface area contributed by atoms with Gasteiger partial charge in [0.05, 0.1) is 47.0 Å². The Balaban J connectivity index is 0.585. The van der Waals surface area contributed by atoms with Crippen LogP contribution in [0.2, 0.25) is 0 Å². The molecule has 0 bridgehead atoms. The number of likely N-dealkylation sites (tertiary alicyclic amines) is 1. The molecule has 4 atom stereocenters. The van der Waals surface area contributed by atoms with Crippen LogP contribution in [-0.4, -0.2) is 155 Å². The Bertz CT molecular complexity index is 3390. The van der Waals surface area contributed by atoms with Gasteiger partial charge in [0, 0.05) is 86.0 Å². The van der Waals surface area contributed by atoms with E-state index in [-0.39, 0.29) is 89.0 Å². The molecule has 1 saturated carbocycles. The number of imide groups is 1. The summed E-state index contributed by atoms with van der Waals surface area (Å²) < 4.78 is 58.0. The average Bonchev–Trinajstić information content (AvgIpc) is 4.09. The van der Waals surface area contributed by atoms with Crippen molar-refractivity contribution in [3.05, 3.63) is 82.5 Å². The standard InChI is InChI=1S/C60H63F2N9O8/c1-2-42-45(61)12-8-35-6-3-7-44(49(35)42)52-51(62)53-50-46(63-52)13-10-38-30-76-25-5-21-69(38)54(50)66-57(65-53)78-34-60-19-4-22-71(60)39(16-20-60)31-77-58(75)68-32-59(33-68)27-41(28-59)79-40-17-23-67(24-18-40)37-9-11-43-36(26-37)29-70(56(43)74)47-14-15-48(72)64-55(47)73/h1,3,6-9,11-12,26,38-41,47H,4-5,10,13-25,27-34H2,(H,64,72,73)/t38?,39-,47?,60?/m0/s1. The fourth-order valence-electron chi connectivity index (χ4n) is 14.9. The van der Waals surface area contributed by atoms with Crippen LogP contribution in [0.5, 0.6) is 6.01 Å². The van der Waals surface area contributed by atoms with E-state index in [4.69, 9.17) is 40.3 Å². The number of halogens is 2. The number of carbonyl (C=O) groups excluding carboxylic acids is 4. The van der Waals surface area contributed by atoms with Crippen molar-refractivity contribution in [2.45, 2.75) is 126 Å². The number of hydrogen-bond donors (Lipinski definition) is 1. The first-order valence-electron chi connectivity index (χ1n) is 28.4. The lowest BCUT2D eigenvalue weighted by molar-refractivity contribution is -0.165. The molecule has 19 heteroatoms. The summed E-state index contributed by atoms with van der Waals surface area (Å²) in [7, 11) is 0. The van der Waals surface area contributed by atoms with Gasteiger partial charge < -0.3 is 38.5 Å². The smallest absolute Gasteiger partial charge is 0.409 e. The molecule has 10 heterocycles. The lowest BCUT2D eigenvalue weighted by atomic mass is 9.62. The second-order valence-electron chi connectivity index (χ2n) is 23.6. The fraction of sp³-hybridized carbons (Fsp3) is 0.517. The van der Waals surface area contributed by atoms with Gasteiger partial charge in [-0.15, -0.1) is 6.42 Å². The molecule has 4 amide bonds. The maximum Gasteiger partial charge on any atom is 0.409 e. The summed E-state index contributed by atoms with van der Waals surface area (Å²) >= 11 is 0. The molecular formula is C60H63F2N9O8. The minimum atomic E-state index is -0.648. The quantitative estimate of drug-likeness (QED) is 0.111. The van der Waals surface area contributed by atoms with E-state index in [0.29, 0.717) is 104 Å². The summed E-state index contributed by atoms with van der Waals surface area (Å²) in [5, 5.41) is 4.02. The van der Waals surface area contributed by atoms with E-state index in [2.05, 4.69) is 32.0 Å². The number of anilines is 2. The molecule has 1 N–H and O–H groups in total. The van der Waals surface area contributed by atoms with Crippen LogP contribution in [0.1, 0.15) is 104 Å². The summed E-state index contributed by atoms with van der Waals surface area (Å²) in [6, 6.07) is 13.7. The third-order valence-electron chi connectivity index (χ3n) is 18.9. The fourth-order valence-corrected chi connectivity index (χ4v) is 14.9. The van der Waals surface area contributed by atoms with E-state index in [9.17, 15) is 19.2 Å². The van der Waals surface area contributed by atoms with Crippen molar-refractivity contribution in [1.82, 2.24) is 35.0 Å². The Morgan fingerprint density at radius 1 is 0.873 bits per heavy atom. The SMILES string of the molecule is C#Cc1c(F)ccc2cccc(-c3nc4c5c(nc(OCC67CCCN6[C@H](COC(=O)N6CC8(CC(OC9CCN(c%10ccc%11c(c%10)CN(C%10CCC(=O)NC%10=O)C%11=O)CC9)C8)C6)CC7)nc5c3F)N3CCCOCC3CC4)c12. The van der Waals surface area contributed by atoms with E-state index >= 15 is 8.78 Å². The van der Waals surface area contributed by atoms with Gasteiger partial charge in [-0.1, -0.05) is 30.2 Å². The van der Waals surface area contributed by atoms with Gasteiger partial charge in [0.25, 0.3) is 5.91 Å². The molecule has 8 aliphatic heterocycles. The maximum atomic E-state index is 17.4. The topological polar surface area (TPSA) is 172 Å². The third-order valence-corrected chi connectivity index (χ3v) is 18.9. The van der Waals surface area contributed by atoms with Gasteiger partial charge in [-0.3, -0.25) is 24.6 Å². The van der Waals surface area contributed by atoms with Crippen LogP contribution in [-0.2, 0) is 36.8 Å². The zero-order valence-corrected chi connectivity index (χ0v) is 44.2. The van der Waals surface area contributed by atoms with E-state index in [1.54, 1.807) is 23.1 Å². The number of nitrogens with one attached hydrogen (secondary N) is 1. The first kappa shape index (κ1) is 50.2. The number of benzene rings is 3. The molecule has 410 valence electrons. The molecule has 79 heavy (non-hydrogen) atoms. The van der Waals surface area contributed by atoms with Crippen molar-refractivity contribution in [1.29, 1.82) is 0 Å². The second-order valence-corrected chi connectivity index (χ2v) is 23.6. The molecule has 0 radical (unpaired) electrons. The summed E-state index contributed by atoms with van der Waals surface area (Å²) in [6.45, 7) is 6.59. The molecule has 17 nitrogen and oxygen atoms in total. The Morgan fingerprint density at radius 2 is 1.73 bits per heavy atom. The molecule has 9 aliphatic rings. The predicted molar refractivity (Wildman–Crippen MR) is 287 cm³/mol. The second kappa shape index (κ2) is 19.7. The number of aromatic nitrogens is 3. The van der Waals surface area contributed by atoms with Crippen LogP contribution in [0, 0.1) is 29.4 Å². The van der Waals surface area contributed by atoms with Gasteiger partial charge in [0.15, 0.2) is 5.82 Å². The molecule has 2 aromatic heterocycles.